The van der Waals surface area contributed by atoms with E-state index in [2.05, 4.69) is 40.0 Å². The van der Waals surface area contributed by atoms with Crippen molar-refractivity contribution in [3.8, 4) is 0 Å². The molecule has 4 heteroatoms. The molecule has 1 fully saturated rings. The molecule has 106 valence electrons. The number of anilines is 1. The van der Waals surface area contributed by atoms with Crippen molar-refractivity contribution in [1.82, 2.24) is 15.2 Å². The van der Waals surface area contributed by atoms with Crippen LogP contribution in [-0.2, 0) is 6.54 Å². The first kappa shape index (κ1) is 14.3. The Hall–Kier alpha value is -1.13. The normalized spacial score (nSPS) is 19.4. The maximum Gasteiger partial charge on any atom is 0.0443 e. The van der Waals surface area contributed by atoms with Crippen LogP contribution in [0.1, 0.15) is 25.8 Å². The Bertz CT molecular complexity index is 389. The summed E-state index contributed by atoms with van der Waals surface area (Å²) in [5.41, 5.74) is 2.64. The SMILES string of the molecule is CCN(CC)C1CCN(c2ccncc2CNC)C1. The fraction of sp³-hybridized carbons (Fsp3) is 0.667. The van der Waals surface area contributed by atoms with E-state index in [1.807, 2.05) is 19.4 Å². The molecule has 0 amide bonds. The van der Waals surface area contributed by atoms with Gasteiger partial charge in [0.15, 0.2) is 0 Å². The van der Waals surface area contributed by atoms with Crippen molar-refractivity contribution >= 4 is 5.69 Å². The minimum Gasteiger partial charge on any atom is -0.370 e. The molecule has 0 aliphatic carbocycles. The van der Waals surface area contributed by atoms with Gasteiger partial charge in [-0.2, -0.15) is 0 Å². The number of likely N-dealkylation sites (N-methyl/N-ethyl adjacent to an activating group) is 1. The molecule has 1 aliphatic rings. The van der Waals surface area contributed by atoms with Crippen molar-refractivity contribution in [2.45, 2.75) is 32.9 Å². The summed E-state index contributed by atoms with van der Waals surface area (Å²) < 4.78 is 0. The fourth-order valence-corrected chi connectivity index (χ4v) is 3.05. The molecule has 2 rings (SSSR count). The molecule has 0 radical (unpaired) electrons. The van der Waals surface area contributed by atoms with E-state index in [0.29, 0.717) is 6.04 Å². The van der Waals surface area contributed by atoms with Gasteiger partial charge in [-0.25, -0.2) is 0 Å². The molecule has 1 aliphatic heterocycles. The summed E-state index contributed by atoms with van der Waals surface area (Å²) in [5, 5.41) is 3.23. The summed E-state index contributed by atoms with van der Waals surface area (Å²) in [7, 11) is 1.99. The van der Waals surface area contributed by atoms with E-state index in [1.54, 1.807) is 0 Å². The molecule has 1 unspecified atom stereocenters. The van der Waals surface area contributed by atoms with E-state index in [4.69, 9.17) is 0 Å². The Kier molecular flexibility index (Phi) is 5.16. The van der Waals surface area contributed by atoms with Crippen molar-refractivity contribution in [2.24, 2.45) is 0 Å². The van der Waals surface area contributed by atoms with Crippen molar-refractivity contribution in [3.63, 3.8) is 0 Å². The Labute approximate surface area is 116 Å². The highest BCUT2D eigenvalue weighted by molar-refractivity contribution is 5.53. The van der Waals surface area contributed by atoms with Gasteiger partial charge in [0.1, 0.15) is 0 Å². The lowest BCUT2D eigenvalue weighted by atomic mass is 10.2. The standard InChI is InChI=1S/C15H26N4/c1-4-18(5-2)14-7-9-19(12-14)15-6-8-17-11-13(15)10-16-3/h6,8,11,14,16H,4-5,7,9-10,12H2,1-3H3. The zero-order valence-corrected chi connectivity index (χ0v) is 12.4. The smallest absolute Gasteiger partial charge is 0.0443 e. The molecule has 1 aromatic heterocycles. The second kappa shape index (κ2) is 6.87. The molecular formula is C15H26N4. The molecule has 4 nitrogen and oxygen atoms in total. The molecule has 0 saturated carbocycles. The van der Waals surface area contributed by atoms with Gasteiger partial charge in [-0.1, -0.05) is 13.8 Å². The van der Waals surface area contributed by atoms with Gasteiger partial charge in [0.25, 0.3) is 0 Å². The third-order valence-electron chi connectivity index (χ3n) is 4.08. The van der Waals surface area contributed by atoms with E-state index in [0.717, 1.165) is 32.7 Å². The van der Waals surface area contributed by atoms with Gasteiger partial charge < -0.3 is 10.2 Å². The highest BCUT2D eigenvalue weighted by Crippen LogP contribution is 2.25. The van der Waals surface area contributed by atoms with Gasteiger partial charge >= 0.3 is 0 Å². The highest BCUT2D eigenvalue weighted by Gasteiger charge is 2.27. The minimum atomic E-state index is 0.700. The second-order valence-electron chi connectivity index (χ2n) is 5.14. The number of hydrogen-bond acceptors (Lipinski definition) is 4. The molecule has 1 N–H and O–H groups in total. The lowest BCUT2D eigenvalue weighted by Crippen LogP contribution is -2.37. The third-order valence-corrected chi connectivity index (χ3v) is 4.08. The Morgan fingerprint density at radius 3 is 2.89 bits per heavy atom. The molecule has 0 bridgehead atoms. The molecule has 19 heavy (non-hydrogen) atoms. The monoisotopic (exact) mass is 262 g/mol. The van der Waals surface area contributed by atoms with E-state index in [1.165, 1.54) is 17.7 Å². The van der Waals surface area contributed by atoms with Crippen LogP contribution in [0, 0.1) is 0 Å². The number of hydrogen-bond donors (Lipinski definition) is 1. The van der Waals surface area contributed by atoms with Crippen LogP contribution in [-0.4, -0.2) is 49.2 Å². The van der Waals surface area contributed by atoms with Crippen LogP contribution in [0.2, 0.25) is 0 Å². The van der Waals surface area contributed by atoms with Crippen LogP contribution >= 0.6 is 0 Å². The first-order valence-corrected chi connectivity index (χ1v) is 7.36. The molecule has 0 aromatic carbocycles. The molecule has 1 atom stereocenters. The fourth-order valence-electron chi connectivity index (χ4n) is 3.05. The van der Waals surface area contributed by atoms with Crippen molar-refractivity contribution in [2.75, 3.05) is 38.1 Å². The van der Waals surface area contributed by atoms with Crippen LogP contribution in [0.5, 0.6) is 0 Å². The van der Waals surface area contributed by atoms with Crippen molar-refractivity contribution in [1.29, 1.82) is 0 Å². The molecule has 2 heterocycles. The molecular weight excluding hydrogens is 236 g/mol. The van der Waals surface area contributed by atoms with Gasteiger partial charge in [-0.05, 0) is 32.6 Å². The average Bonchev–Trinajstić information content (AvgIpc) is 2.91. The zero-order valence-electron chi connectivity index (χ0n) is 12.4. The Balaban J connectivity index is 2.08. The Morgan fingerprint density at radius 1 is 1.42 bits per heavy atom. The number of rotatable bonds is 6. The number of pyridine rings is 1. The van der Waals surface area contributed by atoms with E-state index in [-0.39, 0.29) is 0 Å². The zero-order chi connectivity index (χ0) is 13.7. The molecule has 1 saturated heterocycles. The quantitative estimate of drug-likeness (QED) is 0.846. The Morgan fingerprint density at radius 2 is 2.21 bits per heavy atom. The predicted molar refractivity (Wildman–Crippen MR) is 80.5 cm³/mol. The molecule has 1 aromatic rings. The average molecular weight is 262 g/mol. The van der Waals surface area contributed by atoms with Gasteiger partial charge in [0.05, 0.1) is 0 Å². The topological polar surface area (TPSA) is 31.4 Å². The highest BCUT2D eigenvalue weighted by atomic mass is 15.3. The first-order valence-electron chi connectivity index (χ1n) is 7.36. The summed E-state index contributed by atoms with van der Waals surface area (Å²) >= 11 is 0. The van der Waals surface area contributed by atoms with E-state index < -0.39 is 0 Å². The number of nitrogens with zero attached hydrogens (tertiary/aromatic N) is 3. The van der Waals surface area contributed by atoms with Gasteiger partial charge in [-0.15, -0.1) is 0 Å². The molecule has 0 spiro atoms. The minimum absolute atomic E-state index is 0.700. The summed E-state index contributed by atoms with van der Waals surface area (Å²) in [4.78, 5) is 9.32. The van der Waals surface area contributed by atoms with Crippen molar-refractivity contribution < 1.29 is 0 Å². The maximum absolute atomic E-state index is 4.24. The number of nitrogens with one attached hydrogen (secondary N) is 1. The van der Waals surface area contributed by atoms with Gasteiger partial charge in [-0.3, -0.25) is 9.88 Å². The summed E-state index contributed by atoms with van der Waals surface area (Å²) in [6, 6.07) is 2.85. The van der Waals surface area contributed by atoms with Crippen LogP contribution < -0.4 is 10.2 Å². The second-order valence-corrected chi connectivity index (χ2v) is 5.14. The van der Waals surface area contributed by atoms with E-state index >= 15 is 0 Å². The van der Waals surface area contributed by atoms with Gasteiger partial charge in [0.2, 0.25) is 0 Å². The summed E-state index contributed by atoms with van der Waals surface area (Å²) in [6.07, 6.45) is 5.15. The summed E-state index contributed by atoms with van der Waals surface area (Å²) in [6.45, 7) is 9.99. The predicted octanol–water partition coefficient (Wildman–Crippen LogP) is 1.72. The van der Waals surface area contributed by atoms with Gasteiger partial charge in [0, 0.05) is 49.3 Å². The largest absolute Gasteiger partial charge is 0.370 e. The van der Waals surface area contributed by atoms with Crippen LogP contribution in [0.4, 0.5) is 5.69 Å². The lowest BCUT2D eigenvalue weighted by Gasteiger charge is -2.27. The van der Waals surface area contributed by atoms with Crippen LogP contribution in [0.15, 0.2) is 18.5 Å². The first-order chi connectivity index (χ1) is 9.30. The number of aromatic nitrogens is 1. The van der Waals surface area contributed by atoms with Crippen LogP contribution in [0.3, 0.4) is 0 Å². The lowest BCUT2D eigenvalue weighted by molar-refractivity contribution is 0.232. The maximum atomic E-state index is 4.24. The summed E-state index contributed by atoms with van der Waals surface area (Å²) in [5.74, 6) is 0. The van der Waals surface area contributed by atoms with Crippen molar-refractivity contribution in [3.05, 3.63) is 24.0 Å². The van der Waals surface area contributed by atoms with E-state index in [9.17, 15) is 0 Å². The van der Waals surface area contributed by atoms with Crippen LogP contribution in [0.25, 0.3) is 0 Å². The third kappa shape index (κ3) is 3.25.